The molecule has 0 fully saturated rings. The van der Waals surface area contributed by atoms with Crippen LogP contribution in [0.1, 0.15) is 23.9 Å². The molecule has 0 saturated carbocycles. The minimum Gasteiger partial charge on any atom is -0.496 e. The van der Waals surface area contributed by atoms with Crippen LogP contribution in [0.5, 0.6) is 0 Å². The van der Waals surface area contributed by atoms with Crippen LogP contribution in [0.2, 0.25) is 0 Å². The van der Waals surface area contributed by atoms with Crippen molar-refractivity contribution in [1.82, 2.24) is 9.97 Å². The van der Waals surface area contributed by atoms with Crippen LogP contribution in [0.15, 0.2) is 24.2 Å². The zero-order valence-electron chi connectivity index (χ0n) is 8.10. The van der Waals surface area contributed by atoms with Crippen molar-refractivity contribution in [2.45, 2.75) is 19.4 Å². The number of nitrogens with two attached hydrogens (primary N) is 1. The molecule has 1 atom stereocenters. The molecule has 4 heteroatoms. The number of ether oxygens (including phenoxy) is 1. The lowest BCUT2D eigenvalue weighted by molar-refractivity contribution is 0.223. The third-order valence-electron chi connectivity index (χ3n) is 2.12. The molecule has 0 bridgehead atoms. The minimum absolute atomic E-state index is 0.321. The summed E-state index contributed by atoms with van der Waals surface area (Å²) >= 11 is 0. The molecule has 2 rings (SSSR count). The molecule has 0 radical (unpaired) electrons. The van der Waals surface area contributed by atoms with Gasteiger partial charge in [-0.05, 0) is 18.6 Å². The van der Waals surface area contributed by atoms with Crippen LogP contribution in [0.3, 0.4) is 0 Å². The van der Waals surface area contributed by atoms with E-state index in [0.717, 1.165) is 24.4 Å². The van der Waals surface area contributed by atoms with E-state index in [-0.39, 0.29) is 6.04 Å². The highest BCUT2D eigenvalue weighted by molar-refractivity contribution is 5.15. The largest absolute Gasteiger partial charge is 0.496 e. The lowest BCUT2D eigenvalue weighted by Crippen LogP contribution is -2.16. The zero-order valence-corrected chi connectivity index (χ0v) is 8.10. The Balaban J connectivity index is 2.18. The summed E-state index contributed by atoms with van der Waals surface area (Å²) in [5.74, 6) is 1.40. The molecule has 2 heterocycles. The molecule has 0 saturated heterocycles. The van der Waals surface area contributed by atoms with Gasteiger partial charge in [0.25, 0.3) is 0 Å². The molecule has 1 aromatic rings. The van der Waals surface area contributed by atoms with Gasteiger partial charge in [0.2, 0.25) is 0 Å². The van der Waals surface area contributed by atoms with Crippen molar-refractivity contribution in [1.29, 1.82) is 0 Å². The first-order valence-corrected chi connectivity index (χ1v) is 4.64. The Morgan fingerprint density at radius 1 is 1.43 bits per heavy atom. The summed E-state index contributed by atoms with van der Waals surface area (Å²) in [6, 6.07) is -0.321. The van der Waals surface area contributed by atoms with Gasteiger partial charge in [0, 0.05) is 18.8 Å². The maximum absolute atomic E-state index is 5.93. The molecule has 0 spiro atoms. The fraction of sp³-hybridized carbons (Fsp3) is 0.400. The summed E-state index contributed by atoms with van der Waals surface area (Å²) in [6.07, 6.45) is 6.44. The Labute approximate surface area is 82.8 Å². The van der Waals surface area contributed by atoms with Gasteiger partial charge >= 0.3 is 0 Å². The third kappa shape index (κ3) is 1.75. The minimum atomic E-state index is -0.321. The quantitative estimate of drug-likeness (QED) is 0.760. The van der Waals surface area contributed by atoms with E-state index in [1.165, 1.54) is 0 Å². The Morgan fingerprint density at radius 2 is 2.14 bits per heavy atom. The molecule has 4 nitrogen and oxygen atoms in total. The molecule has 2 N–H and O–H groups in total. The highest BCUT2D eigenvalue weighted by Crippen LogP contribution is 2.21. The number of aryl methyl sites for hydroxylation is 1. The van der Waals surface area contributed by atoms with Crippen molar-refractivity contribution < 1.29 is 4.74 Å². The summed E-state index contributed by atoms with van der Waals surface area (Å²) in [5, 5.41) is 0. The van der Waals surface area contributed by atoms with Crippen LogP contribution in [0, 0.1) is 6.92 Å². The molecule has 1 unspecified atom stereocenters. The Bertz CT molecular complexity index is 345. The van der Waals surface area contributed by atoms with Crippen molar-refractivity contribution in [2.75, 3.05) is 6.61 Å². The van der Waals surface area contributed by atoms with Crippen molar-refractivity contribution in [3.8, 4) is 0 Å². The first-order valence-electron chi connectivity index (χ1n) is 4.64. The molecular formula is C10H13N3O. The van der Waals surface area contributed by atoms with E-state index in [4.69, 9.17) is 10.5 Å². The fourth-order valence-electron chi connectivity index (χ4n) is 1.34. The average molecular weight is 191 g/mol. The summed E-state index contributed by atoms with van der Waals surface area (Å²) in [4.78, 5) is 8.33. The summed E-state index contributed by atoms with van der Waals surface area (Å²) < 4.78 is 5.36. The molecule has 1 aromatic heterocycles. The standard InChI is InChI=1S/C10H13N3O/c1-7-5-12-10(13-6-7)9(11)8-3-2-4-14-8/h3,5-6,9H,2,4,11H2,1H3. The predicted molar refractivity (Wildman–Crippen MR) is 52.3 cm³/mol. The monoisotopic (exact) mass is 191 g/mol. The highest BCUT2D eigenvalue weighted by Gasteiger charge is 2.18. The van der Waals surface area contributed by atoms with Crippen molar-refractivity contribution in [3.05, 3.63) is 35.6 Å². The number of hydrogen-bond donors (Lipinski definition) is 1. The van der Waals surface area contributed by atoms with Gasteiger partial charge in [-0.2, -0.15) is 0 Å². The van der Waals surface area contributed by atoms with Crippen molar-refractivity contribution in [2.24, 2.45) is 5.73 Å². The van der Waals surface area contributed by atoms with Gasteiger partial charge in [-0.25, -0.2) is 9.97 Å². The van der Waals surface area contributed by atoms with Gasteiger partial charge in [0.15, 0.2) is 5.82 Å². The second-order valence-corrected chi connectivity index (χ2v) is 3.34. The van der Waals surface area contributed by atoms with E-state index >= 15 is 0 Å². The zero-order chi connectivity index (χ0) is 9.97. The van der Waals surface area contributed by atoms with Crippen molar-refractivity contribution >= 4 is 0 Å². The first kappa shape index (κ1) is 9.15. The Morgan fingerprint density at radius 3 is 2.71 bits per heavy atom. The maximum atomic E-state index is 5.93. The highest BCUT2D eigenvalue weighted by atomic mass is 16.5. The number of aromatic nitrogens is 2. The van der Waals surface area contributed by atoms with Gasteiger partial charge in [0.1, 0.15) is 11.8 Å². The fourth-order valence-corrected chi connectivity index (χ4v) is 1.34. The molecule has 74 valence electrons. The Hall–Kier alpha value is -1.42. The van der Waals surface area contributed by atoms with Crippen LogP contribution in [0.25, 0.3) is 0 Å². The van der Waals surface area contributed by atoms with E-state index < -0.39 is 0 Å². The first-order chi connectivity index (χ1) is 6.77. The van der Waals surface area contributed by atoms with Gasteiger partial charge < -0.3 is 10.5 Å². The van der Waals surface area contributed by atoms with E-state index in [1.807, 2.05) is 13.0 Å². The topological polar surface area (TPSA) is 61.0 Å². The van der Waals surface area contributed by atoms with E-state index in [2.05, 4.69) is 9.97 Å². The second kappa shape index (κ2) is 3.75. The Kier molecular flexibility index (Phi) is 2.45. The van der Waals surface area contributed by atoms with E-state index in [0.29, 0.717) is 5.82 Å². The molecular weight excluding hydrogens is 178 g/mol. The van der Waals surface area contributed by atoms with Gasteiger partial charge in [-0.1, -0.05) is 0 Å². The summed E-state index contributed by atoms with van der Waals surface area (Å²) in [5.41, 5.74) is 6.96. The molecule has 1 aliphatic heterocycles. The smallest absolute Gasteiger partial charge is 0.152 e. The third-order valence-corrected chi connectivity index (χ3v) is 2.12. The number of rotatable bonds is 2. The average Bonchev–Trinajstić information content (AvgIpc) is 2.71. The lowest BCUT2D eigenvalue weighted by atomic mass is 10.2. The molecule has 0 amide bonds. The molecule has 0 aromatic carbocycles. The van der Waals surface area contributed by atoms with Crippen LogP contribution >= 0.6 is 0 Å². The number of hydrogen-bond acceptors (Lipinski definition) is 4. The summed E-state index contributed by atoms with van der Waals surface area (Å²) in [6.45, 7) is 2.66. The van der Waals surface area contributed by atoms with Gasteiger partial charge in [0.05, 0.1) is 6.61 Å². The lowest BCUT2D eigenvalue weighted by Gasteiger charge is -2.11. The normalized spacial score (nSPS) is 17.4. The number of nitrogens with zero attached hydrogens (tertiary/aromatic N) is 2. The summed E-state index contributed by atoms with van der Waals surface area (Å²) in [7, 11) is 0. The van der Waals surface area contributed by atoms with E-state index in [1.54, 1.807) is 12.4 Å². The van der Waals surface area contributed by atoms with Crippen molar-refractivity contribution in [3.63, 3.8) is 0 Å². The molecule has 0 aliphatic carbocycles. The SMILES string of the molecule is Cc1cnc(C(N)C2=CCCO2)nc1. The predicted octanol–water partition coefficient (Wildman–Crippen LogP) is 1.09. The second-order valence-electron chi connectivity index (χ2n) is 3.34. The molecule has 1 aliphatic rings. The van der Waals surface area contributed by atoms with Gasteiger partial charge in [-0.3, -0.25) is 0 Å². The van der Waals surface area contributed by atoms with Gasteiger partial charge in [-0.15, -0.1) is 0 Å². The van der Waals surface area contributed by atoms with Crippen LogP contribution in [0.4, 0.5) is 0 Å². The van der Waals surface area contributed by atoms with Crippen LogP contribution in [-0.2, 0) is 4.74 Å². The maximum Gasteiger partial charge on any atom is 0.152 e. The molecule has 14 heavy (non-hydrogen) atoms. The van der Waals surface area contributed by atoms with E-state index in [9.17, 15) is 0 Å². The van der Waals surface area contributed by atoms with Crippen LogP contribution in [-0.4, -0.2) is 16.6 Å². The van der Waals surface area contributed by atoms with Crippen LogP contribution < -0.4 is 5.73 Å².